The molecule has 0 spiro atoms. The van der Waals surface area contributed by atoms with Crippen molar-refractivity contribution in [3.63, 3.8) is 0 Å². The second kappa shape index (κ2) is 5.39. The summed E-state index contributed by atoms with van der Waals surface area (Å²) in [6, 6.07) is 1.85. The second-order valence-corrected chi connectivity index (χ2v) is 5.74. The van der Waals surface area contributed by atoms with Gasteiger partial charge in [-0.1, -0.05) is 0 Å². The number of nitrogens with zero attached hydrogens (tertiary/aromatic N) is 1. The Labute approximate surface area is 122 Å². The first-order chi connectivity index (χ1) is 10.1. The van der Waals surface area contributed by atoms with Crippen LogP contribution in [0.3, 0.4) is 0 Å². The lowest BCUT2D eigenvalue weighted by Gasteiger charge is -2.31. The molecule has 0 unspecified atom stereocenters. The maximum Gasteiger partial charge on any atom is 0.305 e. The molecule has 112 valence electrons. The molecule has 1 aliphatic heterocycles. The smallest absolute Gasteiger partial charge is 0.305 e. The number of aliphatic carboxylic acids is 1. The summed E-state index contributed by atoms with van der Waals surface area (Å²) in [7, 11) is 0. The highest BCUT2D eigenvalue weighted by Crippen LogP contribution is 2.35. The zero-order valence-electron chi connectivity index (χ0n) is 12.1. The van der Waals surface area contributed by atoms with Crippen LogP contribution in [0.15, 0.2) is 16.4 Å². The van der Waals surface area contributed by atoms with Crippen molar-refractivity contribution in [2.24, 2.45) is 0 Å². The van der Waals surface area contributed by atoms with Crippen LogP contribution in [0, 0.1) is 6.92 Å². The summed E-state index contributed by atoms with van der Waals surface area (Å²) in [5, 5.41) is 8.80. The average Bonchev–Trinajstić information content (AvgIpc) is 2.45. The summed E-state index contributed by atoms with van der Waals surface area (Å²) in [6.45, 7) is 2.01. The number of aryl methyl sites for hydroxylation is 1. The van der Waals surface area contributed by atoms with Crippen LogP contribution in [0.5, 0.6) is 5.75 Å². The number of rotatable bonds is 3. The Balaban J connectivity index is 2.01. The number of hydrogen-bond donors (Lipinski definition) is 1. The van der Waals surface area contributed by atoms with Crippen molar-refractivity contribution < 1.29 is 14.6 Å². The van der Waals surface area contributed by atoms with E-state index in [4.69, 9.17) is 9.84 Å². The molecule has 5 heteroatoms. The van der Waals surface area contributed by atoms with Gasteiger partial charge < -0.3 is 14.4 Å². The SMILES string of the molecule is Cc1cc2c(c(=O)n1CCC(=O)O)C=C1CCCC[C@H]1O2. The molecule has 2 aliphatic rings. The number of carboxylic acid groups (broad SMARTS) is 1. The van der Waals surface area contributed by atoms with E-state index < -0.39 is 5.97 Å². The third-order valence-electron chi connectivity index (χ3n) is 4.25. The zero-order valence-corrected chi connectivity index (χ0v) is 12.1. The first-order valence-corrected chi connectivity index (χ1v) is 7.39. The van der Waals surface area contributed by atoms with Gasteiger partial charge in [0.1, 0.15) is 11.9 Å². The predicted molar refractivity (Wildman–Crippen MR) is 78.6 cm³/mol. The van der Waals surface area contributed by atoms with E-state index in [2.05, 4.69) is 0 Å². The van der Waals surface area contributed by atoms with Crippen LogP contribution in [-0.2, 0) is 11.3 Å². The van der Waals surface area contributed by atoms with Gasteiger partial charge in [0.25, 0.3) is 5.56 Å². The standard InChI is InChI=1S/C16H19NO4/c1-10-8-14-12(16(20)17(10)7-6-15(18)19)9-11-4-2-3-5-13(11)21-14/h8-9,13H,2-7H2,1H3,(H,18,19)/t13-/m1/s1. The molecule has 1 aromatic rings. The molecule has 2 heterocycles. The molecular weight excluding hydrogens is 270 g/mol. The highest BCUT2D eigenvalue weighted by atomic mass is 16.5. The molecule has 1 saturated carbocycles. The number of carboxylic acids is 1. The third kappa shape index (κ3) is 2.60. The fourth-order valence-corrected chi connectivity index (χ4v) is 3.12. The summed E-state index contributed by atoms with van der Waals surface area (Å²) in [4.78, 5) is 23.3. The van der Waals surface area contributed by atoms with Crippen molar-refractivity contribution in [1.29, 1.82) is 0 Å². The van der Waals surface area contributed by atoms with Gasteiger partial charge in [0, 0.05) is 18.3 Å². The number of aromatic nitrogens is 1. The van der Waals surface area contributed by atoms with Crippen LogP contribution in [0.4, 0.5) is 0 Å². The molecule has 0 saturated heterocycles. The van der Waals surface area contributed by atoms with Crippen LogP contribution in [-0.4, -0.2) is 21.7 Å². The molecule has 3 rings (SSSR count). The van der Waals surface area contributed by atoms with Crippen molar-refractivity contribution in [3.05, 3.63) is 33.3 Å². The minimum atomic E-state index is -0.902. The molecule has 1 aliphatic carbocycles. The number of hydrogen-bond acceptors (Lipinski definition) is 3. The molecule has 0 aromatic carbocycles. The second-order valence-electron chi connectivity index (χ2n) is 5.74. The Morgan fingerprint density at radius 3 is 3.05 bits per heavy atom. The number of carbonyl (C=O) groups is 1. The summed E-state index contributed by atoms with van der Waals surface area (Å²) >= 11 is 0. The minimum Gasteiger partial charge on any atom is -0.485 e. The lowest BCUT2D eigenvalue weighted by atomic mass is 9.89. The van der Waals surface area contributed by atoms with Gasteiger partial charge in [-0.05, 0) is 44.3 Å². The van der Waals surface area contributed by atoms with E-state index in [-0.39, 0.29) is 24.6 Å². The van der Waals surface area contributed by atoms with Crippen molar-refractivity contribution >= 4 is 12.0 Å². The monoisotopic (exact) mass is 289 g/mol. The minimum absolute atomic E-state index is 0.0560. The molecule has 1 fully saturated rings. The van der Waals surface area contributed by atoms with E-state index in [1.807, 2.05) is 19.1 Å². The summed E-state index contributed by atoms with van der Waals surface area (Å²) in [6.07, 6.45) is 6.30. The van der Waals surface area contributed by atoms with Gasteiger partial charge in [-0.3, -0.25) is 9.59 Å². The molecule has 1 atom stereocenters. The molecule has 0 bridgehead atoms. The van der Waals surface area contributed by atoms with Crippen molar-refractivity contribution in [3.8, 4) is 5.75 Å². The molecule has 21 heavy (non-hydrogen) atoms. The molecule has 0 amide bonds. The van der Waals surface area contributed by atoms with Gasteiger partial charge in [-0.2, -0.15) is 0 Å². The highest BCUT2D eigenvalue weighted by molar-refractivity contribution is 5.66. The Morgan fingerprint density at radius 1 is 1.48 bits per heavy atom. The molecule has 0 radical (unpaired) electrons. The molecule has 1 N–H and O–H groups in total. The lowest BCUT2D eigenvalue weighted by molar-refractivity contribution is -0.137. The van der Waals surface area contributed by atoms with E-state index in [9.17, 15) is 9.59 Å². The van der Waals surface area contributed by atoms with E-state index in [0.29, 0.717) is 11.3 Å². The third-order valence-corrected chi connectivity index (χ3v) is 4.25. The van der Waals surface area contributed by atoms with Crippen molar-refractivity contribution in [1.82, 2.24) is 4.57 Å². The summed E-state index contributed by atoms with van der Waals surface area (Å²) in [5.41, 5.74) is 2.36. The molecular formula is C16H19NO4. The Hall–Kier alpha value is -2.04. The number of pyridine rings is 1. The highest BCUT2D eigenvalue weighted by Gasteiger charge is 2.27. The quantitative estimate of drug-likeness (QED) is 0.927. The van der Waals surface area contributed by atoms with Crippen LogP contribution in [0.1, 0.15) is 43.4 Å². The van der Waals surface area contributed by atoms with Gasteiger partial charge in [0.15, 0.2) is 0 Å². The van der Waals surface area contributed by atoms with Gasteiger partial charge in [-0.15, -0.1) is 0 Å². The van der Waals surface area contributed by atoms with E-state index in [0.717, 1.165) is 31.4 Å². The number of ether oxygens (including phenoxy) is 1. The van der Waals surface area contributed by atoms with Crippen molar-refractivity contribution in [2.75, 3.05) is 0 Å². The van der Waals surface area contributed by atoms with Crippen LogP contribution in [0.2, 0.25) is 0 Å². The Bertz CT molecular complexity index is 672. The zero-order chi connectivity index (χ0) is 15.0. The van der Waals surface area contributed by atoms with Crippen LogP contribution < -0.4 is 10.3 Å². The van der Waals surface area contributed by atoms with Crippen LogP contribution >= 0.6 is 0 Å². The largest absolute Gasteiger partial charge is 0.485 e. The predicted octanol–water partition coefficient (Wildman–Crippen LogP) is 2.35. The molecule has 5 nitrogen and oxygen atoms in total. The summed E-state index contributed by atoms with van der Waals surface area (Å²) in [5.74, 6) is -0.263. The first kappa shape index (κ1) is 13.9. The van der Waals surface area contributed by atoms with Crippen LogP contribution in [0.25, 0.3) is 6.08 Å². The lowest BCUT2D eigenvalue weighted by Crippen LogP contribution is -2.32. The number of fused-ring (bicyclic) bond motifs is 2. The van der Waals surface area contributed by atoms with Gasteiger partial charge in [-0.25, -0.2) is 0 Å². The maximum atomic E-state index is 12.6. The fourth-order valence-electron chi connectivity index (χ4n) is 3.12. The molecule has 1 aromatic heterocycles. The summed E-state index contributed by atoms with van der Waals surface area (Å²) < 4.78 is 7.50. The Morgan fingerprint density at radius 2 is 2.29 bits per heavy atom. The first-order valence-electron chi connectivity index (χ1n) is 7.39. The van der Waals surface area contributed by atoms with Gasteiger partial charge >= 0.3 is 5.97 Å². The maximum absolute atomic E-state index is 12.6. The Kier molecular flexibility index (Phi) is 3.57. The average molecular weight is 289 g/mol. The van der Waals surface area contributed by atoms with Gasteiger partial charge in [0.05, 0.1) is 12.0 Å². The van der Waals surface area contributed by atoms with Gasteiger partial charge in [0.2, 0.25) is 0 Å². The van der Waals surface area contributed by atoms with E-state index >= 15 is 0 Å². The van der Waals surface area contributed by atoms with Crippen molar-refractivity contribution in [2.45, 2.75) is 51.7 Å². The normalized spacial score (nSPS) is 20.0. The fraction of sp³-hybridized carbons (Fsp3) is 0.500. The van der Waals surface area contributed by atoms with E-state index in [1.165, 1.54) is 10.1 Å². The topological polar surface area (TPSA) is 68.5 Å². The van der Waals surface area contributed by atoms with E-state index in [1.54, 1.807) is 0 Å².